The lowest BCUT2D eigenvalue weighted by molar-refractivity contribution is -0.161. The van der Waals surface area contributed by atoms with E-state index >= 15 is 0 Å². The van der Waals surface area contributed by atoms with Gasteiger partial charge in [-0.05, 0) is 11.1 Å². The lowest BCUT2D eigenvalue weighted by Gasteiger charge is -2.11. The van der Waals surface area contributed by atoms with Crippen molar-refractivity contribution in [3.8, 4) is 0 Å². The van der Waals surface area contributed by atoms with Gasteiger partial charge >= 0.3 is 11.9 Å². The number of hydrogen-bond acceptors (Lipinski definition) is 5. The van der Waals surface area contributed by atoms with Crippen LogP contribution in [-0.2, 0) is 32.3 Å². The average molecular weight is 314 g/mol. The molecular weight excluding hydrogens is 296 g/mol. The zero-order valence-corrected chi connectivity index (χ0v) is 12.6. The van der Waals surface area contributed by atoms with Crippen molar-refractivity contribution in [2.24, 2.45) is 0 Å². The monoisotopic (exact) mass is 314 g/mol. The van der Waals surface area contributed by atoms with Crippen LogP contribution in [0.2, 0.25) is 0 Å². The minimum absolute atomic E-state index is 0.0514. The van der Waals surface area contributed by atoms with Crippen molar-refractivity contribution in [3.63, 3.8) is 0 Å². The Morgan fingerprint density at radius 3 is 1.83 bits per heavy atom. The molecule has 0 aliphatic rings. The molecule has 1 N–H and O–H groups in total. The smallest absolute Gasteiger partial charge is 0.335 e. The van der Waals surface area contributed by atoms with Crippen molar-refractivity contribution >= 4 is 11.9 Å². The molecule has 0 bridgehead atoms. The zero-order chi connectivity index (χ0) is 16.5. The van der Waals surface area contributed by atoms with E-state index in [4.69, 9.17) is 9.47 Å². The first-order valence-electron chi connectivity index (χ1n) is 7.23. The molecule has 0 amide bonds. The molecule has 5 nitrogen and oxygen atoms in total. The molecule has 0 radical (unpaired) electrons. The number of hydrogen-bond donors (Lipinski definition) is 1. The summed E-state index contributed by atoms with van der Waals surface area (Å²) in [5, 5.41) is 9.69. The lowest BCUT2D eigenvalue weighted by atomic mass is 10.2. The van der Waals surface area contributed by atoms with Crippen LogP contribution < -0.4 is 0 Å². The molecule has 0 heterocycles. The van der Waals surface area contributed by atoms with Gasteiger partial charge in [0, 0.05) is 0 Å². The van der Waals surface area contributed by atoms with Gasteiger partial charge in [0.25, 0.3) is 0 Å². The second-order valence-electron chi connectivity index (χ2n) is 4.96. The first kappa shape index (κ1) is 16.7. The highest BCUT2D eigenvalue weighted by atomic mass is 16.6. The quantitative estimate of drug-likeness (QED) is 0.793. The van der Waals surface area contributed by atoms with Crippen LogP contribution in [0.15, 0.2) is 60.7 Å². The zero-order valence-electron chi connectivity index (χ0n) is 12.6. The molecule has 0 fully saturated rings. The van der Waals surface area contributed by atoms with Gasteiger partial charge in [0.05, 0.1) is 6.42 Å². The third-order valence-corrected chi connectivity index (χ3v) is 3.10. The van der Waals surface area contributed by atoms with Crippen LogP contribution in [0, 0.1) is 0 Å². The van der Waals surface area contributed by atoms with Crippen LogP contribution in [0.5, 0.6) is 0 Å². The summed E-state index contributed by atoms with van der Waals surface area (Å²) in [5.41, 5.74) is 1.64. The van der Waals surface area contributed by atoms with E-state index < -0.39 is 24.5 Å². The minimum atomic E-state index is -1.53. The number of aliphatic hydroxyl groups is 1. The normalized spacial score (nSPS) is 11.5. The van der Waals surface area contributed by atoms with Crippen LogP contribution in [0.1, 0.15) is 17.5 Å². The Bertz CT molecular complexity index is 624. The van der Waals surface area contributed by atoms with E-state index in [1.807, 2.05) is 48.5 Å². The maximum absolute atomic E-state index is 11.6. The molecule has 2 aromatic carbocycles. The summed E-state index contributed by atoms with van der Waals surface area (Å²) in [6.45, 7) is 0.154. The van der Waals surface area contributed by atoms with E-state index in [0.717, 1.165) is 11.1 Å². The van der Waals surface area contributed by atoms with Gasteiger partial charge in [-0.1, -0.05) is 60.7 Å². The number of benzene rings is 2. The van der Waals surface area contributed by atoms with E-state index in [1.54, 1.807) is 12.1 Å². The van der Waals surface area contributed by atoms with Gasteiger partial charge in [0.15, 0.2) is 6.10 Å². The van der Waals surface area contributed by atoms with Crippen molar-refractivity contribution in [1.29, 1.82) is 0 Å². The Kier molecular flexibility index (Phi) is 6.32. The summed E-state index contributed by atoms with van der Waals surface area (Å²) in [6.07, 6.45) is -1.96. The molecule has 0 spiro atoms. The number of ether oxygens (including phenoxy) is 2. The molecular formula is C18H18O5. The molecule has 120 valence electrons. The molecule has 23 heavy (non-hydrogen) atoms. The molecule has 0 aromatic heterocycles. The summed E-state index contributed by atoms with van der Waals surface area (Å²) >= 11 is 0. The van der Waals surface area contributed by atoms with Gasteiger partial charge in [0.1, 0.15) is 13.2 Å². The third-order valence-electron chi connectivity index (χ3n) is 3.10. The summed E-state index contributed by atoms with van der Waals surface area (Å²) in [7, 11) is 0. The summed E-state index contributed by atoms with van der Waals surface area (Å²) in [4.78, 5) is 23.3. The molecule has 0 aliphatic carbocycles. The second kappa shape index (κ2) is 8.70. The fourth-order valence-corrected chi connectivity index (χ4v) is 1.86. The average Bonchev–Trinajstić information content (AvgIpc) is 2.59. The van der Waals surface area contributed by atoms with Gasteiger partial charge < -0.3 is 14.6 Å². The SMILES string of the molecule is O=C(C[C@H](O)C(=O)OCc1ccccc1)OCc1ccccc1. The number of aliphatic hydroxyl groups excluding tert-OH is 1. The summed E-state index contributed by atoms with van der Waals surface area (Å²) in [6, 6.07) is 18.2. The molecule has 0 unspecified atom stereocenters. The molecule has 1 atom stereocenters. The fourth-order valence-electron chi connectivity index (χ4n) is 1.86. The highest BCUT2D eigenvalue weighted by molar-refractivity contribution is 5.81. The Morgan fingerprint density at radius 2 is 1.30 bits per heavy atom. The Hall–Kier alpha value is -2.66. The van der Waals surface area contributed by atoms with E-state index in [2.05, 4.69) is 0 Å². The van der Waals surface area contributed by atoms with Crippen LogP contribution in [0.4, 0.5) is 0 Å². The number of carbonyl (C=O) groups is 2. The van der Waals surface area contributed by atoms with Crippen molar-refractivity contribution in [3.05, 3.63) is 71.8 Å². The molecule has 0 saturated heterocycles. The van der Waals surface area contributed by atoms with Gasteiger partial charge in [-0.3, -0.25) is 4.79 Å². The van der Waals surface area contributed by atoms with Gasteiger partial charge in [0.2, 0.25) is 0 Å². The Balaban J connectivity index is 1.71. The van der Waals surface area contributed by atoms with Gasteiger partial charge in [-0.2, -0.15) is 0 Å². The summed E-state index contributed by atoms with van der Waals surface area (Å²) in [5.74, 6) is -1.50. The highest BCUT2D eigenvalue weighted by Gasteiger charge is 2.21. The molecule has 0 aliphatic heterocycles. The van der Waals surface area contributed by atoms with Crippen molar-refractivity contribution in [1.82, 2.24) is 0 Å². The fraction of sp³-hybridized carbons (Fsp3) is 0.222. The van der Waals surface area contributed by atoms with E-state index in [9.17, 15) is 14.7 Å². The van der Waals surface area contributed by atoms with E-state index in [0.29, 0.717) is 0 Å². The van der Waals surface area contributed by atoms with Gasteiger partial charge in [-0.15, -0.1) is 0 Å². The maximum Gasteiger partial charge on any atom is 0.335 e. The standard InChI is InChI=1S/C18H18O5/c19-16(18(21)23-13-15-9-5-2-6-10-15)11-17(20)22-12-14-7-3-1-4-8-14/h1-10,16,19H,11-13H2/t16-/m0/s1. The highest BCUT2D eigenvalue weighted by Crippen LogP contribution is 2.06. The third kappa shape index (κ3) is 5.92. The van der Waals surface area contributed by atoms with Crippen molar-refractivity contribution < 1.29 is 24.2 Å². The molecule has 2 aromatic rings. The first-order chi connectivity index (χ1) is 11.1. The van der Waals surface area contributed by atoms with Crippen LogP contribution in [0.25, 0.3) is 0 Å². The number of carbonyl (C=O) groups excluding carboxylic acids is 2. The molecule has 0 saturated carbocycles. The summed E-state index contributed by atoms with van der Waals surface area (Å²) < 4.78 is 9.96. The predicted octanol–water partition coefficient (Wildman–Crippen LogP) is 2.22. The first-order valence-corrected chi connectivity index (χ1v) is 7.23. The van der Waals surface area contributed by atoms with E-state index in [1.165, 1.54) is 0 Å². The van der Waals surface area contributed by atoms with Gasteiger partial charge in [-0.25, -0.2) is 4.79 Å². The Labute approximate surface area is 134 Å². The topological polar surface area (TPSA) is 72.8 Å². The van der Waals surface area contributed by atoms with E-state index in [-0.39, 0.29) is 13.2 Å². The van der Waals surface area contributed by atoms with Crippen LogP contribution in [0.3, 0.4) is 0 Å². The minimum Gasteiger partial charge on any atom is -0.461 e. The maximum atomic E-state index is 11.6. The van der Waals surface area contributed by atoms with Crippen LogP contribution >= 0.6 is 0 Å². The van der Waals surface area contributed by atoms with Crippen molar-refractivity contribution in [2.75, 3.05) is 0 Å². The Morgan fingerprint density at radius 1 is 0.826 bits per heavy atom. The molecule has 2 rings (SSSR count). The lowest BCUT2D eigenvalue weighted by Crippen LogP contribution is -2.26. The predicted molar refractivity (Wildman–Crippen MR) is 83.1 cm³/mol. The number of rotatable bonds is 7. The largest absolute Gasteiger partial charge is 0.461 e. The molecule has 5 heteroatoms. The second-order valence-corrected chi connectivity index (χ2v) is 4.96. The van der Waals surface area contributed by atoms with Crippen LogP contribution in [-0.4, -0.2) is 23.1 Å². The number of esters is 2. The van der Waals surface area contributed by atoms with Crippen molar-refractivity contribution in [2.45, 2.75) is 25.7 Å².